The Hall–Kier alpha value is -2.45. The number of rotatable bonds is 10. The number of nitrogens with one attached hydrogen (secondary N) is 2. The molecule has 1 atom stereocenters. The number of dihydropyridines is 1. The molecule has 30 heavy (non-hydrogen) atoms. The van der Waals surface area contributed by atoms with Crippen LogP contribution in [-0.2, 0) is 23.9 Å². The molecule has 0 aliphatic carbocycles. The number of hydrogen-bond acceptors (Lipinski definition) is 7. The highest BCUT2D eigenvalue weighted by Gasteiger charge is 2.38. The fraction of sp³-hybridized carbons (Fsp3) is 0.381. The molecule has 1 aromatic carbocycles. The zero-order valence-corrected chi connectivity index (χ0v) is 18.7. The molecular formula is C21H25ClN2O5S. The van der Waals surface area contributed by atoms with Crippen molar-refractivity contribution in [2.24, 2.45) is 0 Å². The molecule has 0 bridgehead atoms. The lowest BCUT2D eigenvalue weighted by atomic mass is 9.80. The van der Waals surface area contributed by atoms with E-state index in [1.54, 1.807) is 43.8 Å². The van der Waals surface area contributed by atoms with Crippen molar-refractivity contribution < 1.29 is 23.9 Å². The molecule has 2 rings (SSSR count). The van der Waals surface area contributed by atoms with Crippen LogP contribution in [0.25, 0.3) is 0 Å². The molecule has 1 aliphatic heterocycles. The Kier molecular flexibility index (Phi) is 9.26. The van der Waals surface area contributed by atoms with Gasteiger partial charge in [0.1, 0.15) is 0 Å². The molecule has 1 aromatic rings. The van der Waals surface area contributed by atoms with Gasteiger partial charge in [-0.25, -0.2) is 9.59 Å². The lowest BCUT2D eigenvalue weighted by Gasteiger charge is -2.31. The van der Waals surface area contributed by atoms with Crippen molar-refractivity contribution in [3.05, 3.63) is 57.4 Å². The third kappa shape index (κ3) is 5.79. The molecule has 7 nitrogen and oxygen atoms in total. The molecular weight excluding hydrogens is 428 g/mol. The average Bonchev–Trinajstić information content (AvgIpc) is 2.72. The van der Waals surface area contributed by atoms with Gasteiger partial charge in [-0.1, -0.05) is 23.7 Å². The number of carbonyl (C=O) groups excluding carboxylic acids is 3. The number of esters is 2. The summed E-state index contributed by atoms with van der Waals surface area (Å²) in [7, 11) is 1.30. The summed E-state index contributed by atoms with van der Waals surface area (Å²) in [5, 5.41) is 6.29. The lowest BCUT2D eigenvalue weighted by Crippen LogP contribution is -2.34. The highest BCUT2D eigenvalue weighted by Crippen LogP contribution is 2.40. The number of methoxy groups -OCH3 is 1. The monoisotopic (exact) mass is 452 g/mol. The van der Waals surface area contributed by atoms with E-state index in [1.807, 2.05) is 6.07 Å². The van der Waals surface area contributed by atoms with Crippen LogP contribution in [0.15, 0.2) is 46.8 Å². The Morgan fingerprint density at radius 3 is 2.70 bits per heavy atom. The van der Waals surface area contributed by atoms with Gasteiger partial charge in [-0.2, -0.15) is 11.8 Å². The largest absolute Gasteiger partial charge is 0.466 e. The highest BCUT2D eigenvalue weighted by atomic mass is 35.5. The summed E-state index contributed by atoms with van der Waals surface area (Å²) in [6.45, 7) is 4.20. The number of carbonyl (C=O) groups is 3. The third-order valence-corrected chi connectivity index (χ3v) is 5.67. The number of hydrogen-bond donors (Lipinski definition) is 2. The van der Waals surface area contributed by atoms with Crippen LogP contribution in [0.3, 0.4) is 0 Å². The molecule has 1 amide bonds. The van der Waals surface area contributed by atoms with Crippen molar-refractivity contribution in [2.75, 3.05) is 31.8 Å². The van der Waals surface area contributed by atoms with Crippen LogP contribution in [0.1, 0.15) is 25.3 Å². The van der Waals surface area contributed by atoms with Gasteiger partial charge in [0.2, 0.25) is 6.41 Å². The molecule has 9 heteroatoms. The maximum atomic E-state index is 13.0. The Morgan fingerprint density at radius 1 is 1.30 bits per heavy atom. The molecule has 0 radical (unpaired) electrons. The zero-order chi connectivity index (χ0) is 22.1. The fourth-order valence-corrected chi connectivity index (χ4v) is 4.26. The minimum Gasteiger partial charge on any atom is -0.466 e. The first-order valence-electron chi connectivity index (χ1n) is 9.41. The van der Waals surface area contributed by atoms with Gasteiger partial charge in [0.05, 0.1) is 30.8 Å². The fourth-order valence-electron chi connectivity index (χ4n) is 3.22. The van der Waals surface area contributed by atoms with E-state index in [9.17, 15) is 14.4 Å². The normalized spacial score (nSPS) is 16.1. The lowest BCUT2D eigenvalue weighted by molar-refractivity contribution is -0.139. The topological polar surface area (TPSA) is 93.7 Å². The maximum absolute atomic E-state index is 13.0. The van der Waals surface area contributed by atoms with Gasteiger partial charge in [0.15, 0.2) is 0 Å². The second-order valence-electron chi connectivity index (χ2n) is 6.38. The van der Waals surface area contributed by atoms with Crippen molar-refractivity contribution >= 4 is 41.7 Å². The van der Waals surface area contributed by atoms with E-state index in [4.69, 9.17) is 21.1 Å². The van der Waals surface area contributed by atoms with Crippen LogP contribution in [0, 0.1) is 0 Å². The van der Waals surface area contributed by atoms with Crippen molar-refractivity contribution in [3.8, 4) is 0 Å². The molecule has 1 aliphatic rings. The minimum atomic E-state index is -0.680. The van der Waals surface area contributed by atoms with E-state index in [1.165, 1.54) is 7.11 Å². The van der Waals surface area contributed by atoms with Gasteiger partial charge in [0.25, 0.3) is 0 Å². The summed E-state index contributed by atoms with van der Waals surface area (Å²) in [6, 6.07) is 7.04. The van der Waals surface area contributed by atoms with Crippen LogP contribution in [0.2, 0.25) is 5.02 Å². The Labute approximate surface area is 185 Å². The summed E-state index contributed by atoms with van der Waals surface area (Å²) < 4.78 is 10.3. The second kappa shape index (κ2) is 11.7. The molecule has 2 N–H and O–H groups in total. The number of allylic oxidation sites excluding steroid dienone is 1. The molecule has 0 aromatic heterocycles. The number of amides is 1. The van der Waals surface area contributed by atoms with Crippen molar-refractivity contribution in [1.29, 1.82) is 0 Å². The van der Waals surface area contributed by atoms with Crippen molar-refractivity contribution in [3.63, 3.8) is 0 Å². The van der Waals surface area contributed by atoms with Crippen LogP contribution >= 0.6 is 23.4 Å². The second-order valence-corrected chi connectivity index (χ2v) is 7.92. The van der Waals surface area contributed by atoms with Gasteiger partial charge < -0.3 is 20.1 Å². The molecule has 1 heterocycles. The molecule has 0 saturated heterocycles. The Balaban J connectivity index is 2.54. The predicted molar refractivity (Wildman–Crippen MR) is 117 cm³/mol. The third-order valence-electron chi connectivity index (χ3n) is 4.45. The first-order valence-corrected chi connectivity index (χ1v) is 10.9. The van der Waals surface area contributed by atoms with Gasteiger partial charge in [0, 0.05) is 34.5 Å². The SMILES string of the molecule is CCOC(=O)C1=C(CSCCNC=O)NC(C)=C(C(=O)OC)C1c1cccc(Cl)c1. The van der Waals surface area contributed by atoms with Gasteiger partial charge >= 0.3 is 11.9 Å². The van der Waals surface area contributed by atoms with E-state index in [2.05, 4.69) is 10.6 Å². The quantitative estimate of drug-likeness (QED) is 0.320. The van der Waals surface area contributed by atoms with Gasteiger partial charge in [-0.05, 0) is 31.5 Å². The van der Waals surface area contributed by atoms with E-state index in [0.717, 1.165) is 0 Å². The molecule has 0 fully saturated rings. The number of halogens is 1. The first-order chi connectivity index (χ1) is 14.4. The summed E-state index contributed by atoms with van der Waals surface area (Å²) >= 11 is 7.74. The predicted octanol–water partition coefficient (Wildman–Crippen LogP) is 2.77. The van der Waals surface area contributed by atoms with Crippen LogP contribution in [-0.4, -0.2) is 50.1 Å². The van der Waals surface area contributed by atoms with Crippen LogP contribution in [0.4, 0.5) is 0 Å². The summed E-state index contributed by atoms with van der Waals surface area (Å²) in [5.74, 6) is -0.592. The Bertz CT molecular complexity index is 869. The molecule has 0 spiro atoms. The summed E-state index contributed by atoms with van der Waals surface area (Å²) in [6.07, 6.45) is 0.646. The number of thioether (sulfide) groups is 1. The molecule has 162 valence electrons. The number of ether oxygens (including phenoxy) is 2. The van der Waals surface area contributed by atoms with Crippen LogP contribution in [0.5, 0.6) is 0 Å². The number of benzene rings is 1. The Morgan fingerprint density at radius 2 is 2.07 bits per heavy atom. The van der Waals surface area contributed by atoms with Crippen molar-refractivity contribution in [1.82, 2.24) is 10.6 Å². The molecule has 1 unspecified atom stereocenters. The van der Waals surface area contributed by atoms with E-state index in [-0.39, 0.29) is 6.61 Å². The average molecular weight is 453 g/mol. The van der Waals surface area contributed by atoms with Crippen molar-refractivity contribution in [2.45, 2.75) is 19.8 Å². The van der Waals surface area contributed by atoms with Gasteiger partial charge in [-0.15, -0.1) is 0 Å². The first kappa shape index (κ1) is 23.8. The van der Waals surface area contributed by atoms with E-state index >= 15 is 0 Å². The van der Waals surface area contributed by atoms with E-state index in [0.29, 0.717) is 57.6 Å². The summed E-state index contributed by atoms with van der Waals surface area (Å²) in [5.41, 5.74) is 2.62. The van der Waals surface area contributed by atoms with Crippen LogP contribution < -0.4 is 10.6 Å². The standard InChI is InChI=1S/C21H25ClN2O5S/c1-4-29-21(27)19-16(11-30-9-8-23-12-25)24-13(2)17(20(26)28-3)18(19)14-6-5-7-15(22)10-14/h5-7,10,12,18,24H,4,8-9,11H2,1-3H3,(H,23,25). The zero-order valence-electron chi connectivity index (χ0n) is 17.1. The summed E-state index contributed by atoms with van der Waals surface area (Å²) in [4.78, 5) is 36.0. The maximum Gasteiger partial charge on any atom is 0.336 e. The smallest absolute Gasteiger partial charge is 0.336 e. The highest BCUT2D eigenvalue weighted by molar-refractivity contribution is 7.99. The molecule has 0 saturated carbocycles. The van der Waals surface area contributed by atoms with E-state index < -0.39 is 17.9 Å². The minimum absolute atomic E-state index is 0.199. The van der Waals surface area contributed by atoms with Gasteiger partial charge in [-0.3, -0.25) is 4.79 Å².